The molecule has 0 atom stereocenters. The van der Waals surface area contributed by atoms with Crippen LogP contribution in [0.2, 0.25) is 0 Å². The second kappa shape index (κ2) is 6.60. The molecule has 1 aromatic rings. The smallest absolute Gasteiger partial charge is 0.191 e. The average Bonchev–Trinajstić information content (AvgIpc) is 2.28. The molecule has 0 saturated heterocycles. The van der Waals surface area contributed by atoms with E-state index in [0.29, 0.717) is 11.0 Å². The van der Waals surface area contributed by atoms with Crippen molar-refractivity contribution >= 4 is 27.4 Å². The number of nitrogens with zero attached hydrogens (tertiary/aromatic N) is 2. The summed E-state index contributed by atoms with van der Waals surface area (Å²) in [5, 5.41) is 3.55. The van der Waals surface area contributed by atoms with E-state index in [-0.39, 0.29) is 5.78 Å². The van der Waals surface area contributed by atoms with E-state index in [1.807, 2.05) is 20.2 Å². The van der Waals surface area contributed by atoms with Crippen molar-refractivity contribution in [1.29, 1.82) is 0 Å². The van der Waals surface area contributed by atoms with Crippen LogP contribution in [0.5, 0.6) is 0 Å². The van der Waals surface area contributed by atoms with Crippen molar-refractivity contribution in [2.24, 2.45) is 0 Å². The van der Waals surface area contributed by atoms with E-state index < -0.39 is 0 Å². The SMILES string of the molecule is CN(C)CCNc1ccnc(C(=O)CBr)c1. The van der Waals surface area contributed by atoms with Gasteiger partial charge in [0.2, 0.25) is 0 Å². The van der Waals surface area contributed by atoms with Crippen LogP contribution in [0.1, 0.15) is 10.5 Å². The molecule has 1 heterocycles. The van der Waals surface area contributed by atoms with Crippen molar-refractivity contribution in [2.75, 3.05) is 37.8 Å². The first-order chi connectivity index (χ1) is 7.63. The van der Waals surface area contributed by atoms with Gasteiger partial charge in [0.15, 0.2) is 5.78 Å². The fourth-order valence-electron chi connectivity index (χ4n) is 1.19. The van der Waals surface area contributed by atoms with Gasteiger partial charge in [0.05, 0.1) is 5.33 Å². The Morgan fingerprint density at radius 3 is 2.94 bits per heavy atom. The van der Waals surface area contributed by atoms with Crippen LogP contribution in [-0.4, -0.2) is 48.2 Å². The Balaban J connectivity index is 2.57. The zero-order chi connectivity index (χ0) is 12.0. The first kappa shape index (κ1) is 13.1. The summed E-state index contributed by atoms with van der Waals surface area (Å²) in [6.07, 6.45) is 1.65. The molecule has 88 valence electrons. The fraction of sp³-hybridized carbons (Fsp3) is 0.455. The number of nitrogens with one attached hydrogen (secondary N) is 1. The van der Waals surface area contributed by atoms with Gasteiger partial charge in [-0.25, -0.2) is 0 Å². The van der Waals surface area contributed by atoms with Gasteiger partial charge < -0.3 is 10.2 Å². The van der Waals surface area contributed by atoms with Crippen molar-refractivity contribution < 1.29 is 4.79 Å². The Kier molecular flexibility index (Phi) is 5.42. The highest BCUT2D eigenvalue weighted by molar-refractivity contribution is 9.09. The van der Waals surface area contributed by atoms with E-state index in [4.69, 9.17) is 0 Å². The summed E-state index contributed by atoms with van der Waals surface area (Å²) in [6, 6.07) is 3.64. The minimum atomic E-state index is -0.00346. The van der Waals surface area contributed by atoms with Gasteiger partial charge in [0.25, 0.3) is 0 Å². The molecule has 0 amide bonds. The number of pyridine rings is 1. The number of halogens is 1. The van der Waals surface area contributed by atoms with Gasteiger partial charge in [-0.2, -0.15) is 0 Å². The third-order valence-corrected chi connectivity index (χ3v) is 2.56. The monoisotopic (exact) mass is 285 g/mol. The molecule has 1 N–H and O–H groups in total. The van der Waals surface area contributed by atoms with Crippen LogP contribution in [0.25, 0.3) is 0 Å². The van der Waals surface area contributed by atoms with Crippen LogP contribution in [0.4, 0.5) is 5.69 Å². The lowest BCUT2D eigenvalue weighted by molar-refractivity contribution is 0.101. The van der Waals surface area contributed by atoms with Crippen molar-refractivity contribution in [2.45, 2.75) is 0 Å². The summed E-state index contributed by atoms with van der Waals surface area (Å²) in [4.78, 5) is 17.5. The molecule has 0 aliphatic carbocycles. The first-order valence-electron chi connectivity index (χ1n) is 5.07. The van der Waals surface area contributed by atoms with Crippen LogP contribution in [0, 0.1) is 0 Å². The Morgan fingerprint density at radius 1 is 1.56 bits per heavy atom. The normalized spacial score (nSPS) is 10.5. The maximum Gasteiger partial charge on any atom is 0.191 e. The van der Waals surface area contributed by atoms with E-state index in [1.165, 1.54) is 0 Å². The fourth-order valence-corrected chi connectivity index (χ4v) is 1.47. The van der Waals surface area contributed by atoms with Crippen LogP contribution >= 0.6 is 15.9 Å². The number of aromatic nitrogens is 1. The Labute approximate surface area is 104 Å². The molecule has 1 rings (SSSR count). The molecule has 0 saturated carbocycles. The molecule has 16 heavy (non-hydrogen) atoms. The van der Waals surface area contributed by atoms with Crippen LogP contribution in [-0.2, 0) is 0 Å². The minimum absolute atomic E-state index is 0.00346. The number of rotatable bonds is 6. The summed E-state index contributed by atoms with van der Waals surface area (Å²) in [5.41, 5.74) is 1.42. The summed E-state index contributed by atoms with van der Waals surface area (Å²) >= 11 is 3.13. The van der Waals surface area contributed by atoms with Crippen LogP contribution < -0.4 is 5.32 Å². The molecule has 0 aliphatic heterocycles. The molecular weight excluding hydrogens is 270 g/mol. The molecule has 5 heteroatoms. The molecule has 4 nitrogen and oxygen atoms in total. The molecule has 0 aliphatic rings. The number of ketones is 1. The zero-order valence-corrected chi connectivity index (χ0v) is 11.1. The maximum atomic E-state index is 11.4. The average molecular weight is 286 g/mol. The van der Waals surface area contributed by atoms with E-state index in [2.05, 4.69) is 31.1 Å². The van der Waals surface area contributed by atoms with E-state index in [9.17, 15) is 4.79 Å². The Hall–Kier alpha value is -0.940. The molecule has 0 radical (unpaired) electrons. The van der Waals surface area contributed by atoms with Crippen molar-refractivity contribution in [1.82, 2.24) is 9.88 Å². The van der Waals surface area contributed by atoms with Gasteiger partial charge in [0.1, 0.15) is 5.69 Å². The number of carbonyl (C=O) groups excluding carboxylic acids is 1. The second-order valence-electron chi connectivity index (χ2n) is 3.72. The number of carbonyl (C=O) groups is 1. The van der Waals surface area contributed by atoms with Crippen molar-refractivity contribution in [3.63, 3.8) is 0 Å². The standard InChI is InChI=1S/C11H16BrN3O/c1-15(2)6-5-13-9-3-4-14-10(7-9)11(16)8-12/h3-4,7H,5-6,8H2,1-2H3,(H,13,14). The topological polar surface area (TPSA) is 45.2 Å². The highest BCUT2D eigenvalue weighted by atomic mass is 79.9. The molecular formula is C11H16BrN3O. The van der Waals surface area contributed by atoms with Gasteiger partial charge in [-0.15, -0.1) is 0 Å². The van der Waals surface area contributed by atoms with Crippen LogP contribution in [0.15, 0.2) is 18.3 Å². The number of hydrogen-bond donors (Lipinski definition) is 1. The first-order valence-corrected chi connectivity index (χ1v) is 6.19. The molecule has 0 spiro atoms. The van der Waals surface area contributed by atoms with Gasteiger partial charge in [-0.1, -0.05) is 15.9 Å². The van der Waals surface area contributed by atoms with Gasteiger partial charge in [-0.3, -0.25) is 9.78 Å². The zero-order valence-electron chi connectivity index (χ0n) is 9.53. The van der Waals surface area contributed by atoms with E-state index in [1.54, 1.807) is 12.3 Å². The number of hydrogen-bond acceptors (Lipinski definition) is 4. The molecule has 0 unspecified atom stereocenters. The number of anilines is 1. The lowest BCUT2D eigenvalue weighted by Gasteiger charge is -2.11. The molecule has 0 fully saturated rings. The number of alkyl halides is 1. The van der Waals surface area contributed by atoms with E-state index in [0.717, 1.165) is 18.8 Å². The van der Waals surface area contributed by atoms with Gasteiger partial charge in [0, 0.05) is 25.0 Å². The third kappa shape index (κ3) is 4.28. The Bertz CT molecular complexity index is 355. The largest absolute Gasteiger partial charge is 0.384 e. The lowest BCUT2D eigenvalue weighted by Crippen LogP contribution is -2.20. The quantitative estimate of drug-likeness (QED) is 0.638. The highest BCUT2D eigenvalue weighted by Gasteiger charge is 2.05. The third-order valence-electron chi connectivity index (χ3n) is 2.06. The van der Waals surface area contributed by atoms with Crippen molar-refractivity contribution in [3.05, 3.63) is 24.0 Å². The second-order valence-corrected chi connectivity index (χ2v) is 4.28. The maximum absolute atomic E-state index is 11.4. The minimum Gasteiger partial charge on any atom is -0.384 e. The predicted octanol–water partition coefficient (Wildman–Crippen LogP) is 1.63. The van der Waals surface area contributed by atoms with Crippen molar-refractivity contribution in [3.8, 4) is 0 Å². The van der Waals surface area contributed by atoms with Gasteiger partial charge >= 0.3 is 0 Å². The lowest BCUT2D eigenvalue weighted by atomic mass is 10.2. The summed E-state index contributed by atoms with van der Waals surface area (Å²) in [6.45, 7) is 1.79. The van der Waals surface area contributed by atoms with Gasteiger partial charge in [-0.05, 0) is 26.2 Å². The molecule has 0 aromatic carbocycles. The summed E-state index contributed by atoms with van der Waals surface area (Å²) in [7, 11) is 4.04. The highest BCUT2D eigenvalue weighted by Crippen LogP contribution is 2.08. The molecule has 1 aromatic heterocycles. The van der Waals surface area contributed by atoms with Crippen LogP contribution in [0.3, 0.4) is 0 Å². The number of Topliss-reactive ketones (excluding diaryl/α,β-unsaturated/α-hetero) is 1. The van der Waals surface area contributed by atoms with E-state index >= 15 is 0 Å². The summed E-state index contributed by atoms with van der Waals surface area (Å²) < 4.78 is 0. The predicted molar refractivity (Wildman–Crippen MR) is 69.4 cm³/mol. The molecule has 0 bridgehead atoms. The number of likely N-dealkylation sites (N-methyl/N-ethyl adjacent to an activating group) is 1. The summed E-state index contributed by atoms with van der Waals surface area (Å²) in [5.74, 6) is -0.00346. The Morgan fingerprint density at radius 2 is 2.31 bits per heavy atom.